The molecule has 6 N–H and O–H groups in total. The fraction of sp³-hybridized carbons (Fsp3) is 0.200. The van der Waals surface area contributed by atoms with E-state index in [9.17, 15) is 0 Å². The molecule has 0 radical (unpaired) electrons. The number of aromatic nitrogens is 4. The highest BCUT2D eigenvalue weighted by molar-refractivity contribution is 6.33. The van der Waals surface area contributed by atoms with Gasteiger partial charge in [0.2, 0.25) is 11.9 Å². The fourth-order valence-corrected chi connectivity index (χ4v) is 6.93. The quantitative estimate of drug-likeness (QED) is 0.0801. The Morgan fingerprint density at radius 3 is 1.53 bits per heavy atom. The third kappa shape index (κ3) is 7.84. The summed E-state index contributed by atoms with van der Waals surface area (Å²) in [7, 11) is 0. The van der Waals surface area contributed by atoms with Crippen molar-refractivity contribution >= 4 is 69.5 Å². The van der Waals surface area contributed by atoms with Crippen molar-refractivity contribution in [2.75, 3.05) is 34.4 Å². The Bertz CT molecular complexity index is 2130. The molecule has 11 nitrogen and oxygen atoms in total. The van der Waals surface area contributed by atoms with Crippen molar-refractivity contribution in [2.45, 2.75) is 38.8 Å². The van der Waals surface area contributed by atoms with Crippen LogP contribution in [0.2, 0.25) is 10.0 Å². The van der Waals surface area contributed by atoms with Crippen molar-refractivity contribution in [1.82, 2.24) is 30.6 Å². The van der Waals surface area contributed by atoms with Crippen LogP contribution in [0.4, 0.5) is 46.3 Å². The molecule has 8 rings (SSSR count). The van der Waals surface area contributed by atoms with E-state index >= 15 is 0 Å². The van der Waals surface area contributed by atoms with Crippen molar-refractivity contribution in [1.29, 1.82) is 0 Å². The molecule has 268 valence electrons. The van der Waals surface area contributed by atoms with E-state index in [1.165, 1.54) is 22.3 Å². The maximum absolute atomic E-state index is 6.60. The van der Waals surface area contributed by atoms with Gasteiger partial charge in [0, 0.05) is 23.5 Å². The second kappa shape index (κ2) is 15.3. The first-order valence-corrected chi connectivity index (χ1v) is 18.3. The molecule has 0 saturated carbocycles. The predicted octanol–water partition coefficient (Wildman–Crippen LogP) is 9.75. The van der Waals surface area contributed by atoms with E-state index in [-0.39, 0.29) is 12.1 Å². The van der Waals surface area contributed by atoms with Crippen LogP contribution in [0.1, 0.15) is 48.2 Å². The summed E-state index contributed by atoms with van der Waals surface area (Å²) in [6.07, 6.45) is 5.16. The molecule has 2 aromatic heterocycles. The van der Waals surface area contributed by atoms with Gasteiger partial charge in [-0.05, 0) is 111 Å². The highest BCUT2D eigenvalue weighted by atomic mass is 35.5. The van der Waals surface area contributed by atoms with Crippen LogP contribution in [0.5, 0.6) is 11.5 Å². The average Bonchev–Trinajstić information content (AvgIpc) is 3.16. The smallest absolute Gasteiger partial charge is 0.229 e. The van der Waals surface area contributed by atoms with Crippen LogP contribution < -0.4 is 36.6 Å². The first kappa shape index (κ1) is 34.6. The topological polar surface area (TPSA) is 133 Å². The van der Waals surface area contributed by atoms with Gasteiger partial charge in [-0.15, -0.1) is 0 Å². The van der Waals surface area contributed by atoms with Gasteiger partial charge in [0.1, 0.15) is 10.0 Å². The van der Waals surface area contributed by atoms with Crippen molar-refractivity contribution < 1.29 is 4.74 Å². The van der Waals surface area contributed by atoms with Crippen LogP contribution in [0.15, 0.2) is 97.3 Å². The number of rotatable bonds is 10. The Kier molecular flexibility index (Phi) is 9.96. The third-order valence-corrected chi connectivity index (χ3v) is 9.97. The minimum atomic E-state index is 0.278. The largest absolute Gasteiger partial charge is 0.453 e. The Hall–Kier alpha value is -5.46. The molecular formula is C40H38Cl2N10O. The normalized spacial score (nSPS) is 16.2. The molecule has 2 aliphatic rings. The monoisotopic (exact) mass is 744 g/mol. The number of ether oxygens (including phenoxy) is 1. The van der Waals surface area contributed by atoms with Crippen molar-refractivity contribution in [2.24, 2.45) is 0 Å². The summed E-state index contributed by atoms with van der Waals surface area (Å²) in [5.41, 5.74) is 8.36. The fourth-order valence-electron chi connectivity index (χ4n) is 6.65. The SMILES string of the molecule is CC1NCCc2ccc(Nc3ncc(Cl)c(Nc4ccccc4Oc4ccccc4Nc4nc(Nc5ccc6c(c5)C(C)NCC6)ncc4Cl)n3)cc21. The summed E-state index contributed by atoms with van der Waals surface area (Å²) < 4.78 is 6.50. The zero-order chi connectivity index (χ0) is 36.3. The van der Waals surface area contributed by atoms with Gasteiger partial charge in [-0.2, -0.15) is 9.97 Å². The summed E-state index contributed by atoms with van der Waals surface area (Å²) >= 11 is 13.2. The van der Waals surface area contributed by atoms with Crippen molar-refractivity contribution in [3.63, 3.8) is 0 Å². The number of benzene rings is 4. The van der Waals surface area contributed by atoms with Gasteiger partial charge >= 0.3 is 0 Å². The minimum Gasteiger partial charge on any atom is -0.453 e. The molecule has 0 amide bonds. The van der Waals surface area contributed by atoms with Crippen LogP contribution in [0.25, 0.3) is 0 Å². The predicted molar refractivity (Wildman–Crippen MR) is 213 cm³/mol. The number of fused-ring (bicyclic) bond motifs is 2. The van der Waals surface area contributed by atoms with Crippen LogP contribution in [0, 0.1) is 0 Å². The van der Waals surface area contributed by atoms with Gasteiger partial charge in [-0.25, -0.2) is 9.97 Å². The Morgan fingerprint density at radius 1 is 0.604 bits per heavy atom. The lowest BCUT2D eigenvalue weighted by Crippen LogP contribution is -2.27. The van der Waals surface area contributed by atoms with E-state index in [0.717, 1.165) is 37.3 Å². The Morgan fingerprint density at radius 2 is 1.06 bits per heavy atom. The summed E-state index contributed by atoms with van der Waals surface area (Å²) in [5, 5.41) is 21.1. The van der Waals surface area contributed by atoms with Crippen LogP contribution >= 0.6 is 23.2 Å². The van der Waals surface area contributed by atoms with Gasteiger partial charge in [-0.1, -0.05) is 59.6 Å². The number of nitrogens with zero attached hydrogens (tertiary/aromatic N) is 4. The second-order valence-electron chi connectivity index (χ2n) is 13.1. The molecule has 0 aliphatic carbocycles. The molecule has 13 heteroatoms. The lowest BCUT2D eigenvalue weighted by atomic mass is 9.95. The summed E-state index contributed by atoms with van der Waals surface area (Å²) in [4.78, 5) is 18.3. The highest BCUT2D eigenvalue weighted by Crippen LogP contribution is 2.38. The number of halogens is 2. The first-order valence-electron chi connectivity index (χ1n) is 17.6. The molecule has 0 spiro atoms. The molecule has 0 bridgehead atoms. The second-order valence-corrected chi connectivity index (χ2v) is 13.9. The molecule has 6 aromatic rings. The maximum Gasteiger partial charge on any atom is 0.229 e. The van der Waals surface area contributed by atoms with Crippen molar-refractivity contribution in [3.05, 3.63) is 130 Å². The Labute approximate surface area is 318 Å². The summed E-state index contributed by atoms with van der Waals surface area (Å²) in [5.74, 6) is 2.78. The van der Waals surface area contributed by atoms with Gasteiger partial charge in [-0.3, -0.25) is 0 Å². The van der Waals surface area contributed by atoms with Gasteiger partial charge in [0.05, 0.1) is 23.8 Å². The van der Waals surface area contributed by atoms with Crippen LogP contribution in [-0.4, -0.2) is 33.0 Å². The zero-order valence-electron chi connectivity index (χ0n) is 29.2. The molecule has 4 aromatic carbocycles. The summed E-state index contributed by atoms with van der Waals surface area (Å²) in [6, 6.07) is 28.4. The number of hydrogen-bond donors (Lipinski definition) is 6. The molecule has 0 fully saturated rings. The molecule has 2 atom stereocenters. The molecule has 4 heterocycles. The molecule has 0 saturated heterocycles. The average molecular weight is 746 g/mol. The van der Waals surface area contributed by atoms with E-state index in [1.54, 1.807) is 12.4 Å². The summed E-state index contributed by atoms with van der Waals surface area (Å²) in [6.45, 7) is 6.30. The van der Waals surface area contributed by atoms with E-state index < -0.39 is 0 Å². The molecule has 53 heavy (non-hydrogen) atoms. The van der Waals surface area contributed by atoms with Crippen LogP contribution in [0.3, 0.4) is 0 Å². The number of anilines is 8. The van der Waals surface area contributed by atoms with Gasteiger partial charge in [0.15, 0.2) is 23.1 Å². The minimum absolute atomic E-state index is 0.278. The molecule has 2 unspecified atom stereocenters. The highest BCUT2D eigenvalue weighted by Gasteiger charge is 2.19. The Balaban J connectivity index is 0.996. The lowest BCUT2D eigenvalue weighted by molar-refractivity contribution is 0.487. The number of nitrogens with one attached hydrogen (secondary N) is 6. The van der Waals surface area contributed by atoms with E-state index in [0.29, 0.717) is 56.5 Å². The van der Waals surface area contributed by atoms with E-state index in [4.69, 9.17) is 37.9 Å². The zero-order valence-corrected chi connectivity index (χ0v) is 30.7. The van der Waals surface area contributed by atoms with Gasteiger partial charge in [0.25, 0.3) is 0 Å². The van der Waals surface area contributed by atoms with E-state index in [2.05, 4.69) is 92.1 Å². The van der Waals surface area contributed by atoms with Crippen LogP contribution in [-0.2, 0) is 12.8 Å². The van der Waals surface area contributed by atoms with E-state index in [1.807, 2.05) is 48.5 Å². The first-order chi connectivity index (χ1) is 25.9. The molecular weight excluding hydrogens is 707 g/mol. The maximum atomic E-state index is 6.60. The standard InChI is InChI=1S/C40H38Cl2N10O/c1-23-29-19-27(13-11-25(29)15-17-43-23)47-39-45-21-31(41)37(51-39)49-33-7-3-5-9-35(33)53-36-10-6-4-8-34(36)50-38-32(42)22-46-40(52-38)48-28-14-12-26-16-18-44-24(2)30(26)20-28/h3-14,19-24,43-44H,15-18H2,1-2H3,(H2,45,47,49,51)(H2,46,48,50,52). The lowest BCUT2D eigenvalue weighted by Gasteiger charge is -2.24. The number of hydrogen-bond acceptors (Lipinski definition) is 11. The molecule has 2 aliphatic heterocycles. The van der Waals surface area contributed by atoms with Crippen molar-refractivity contribution in [3.8, 4) is 11.5 Å². The van der Waals surface area contributed by atoms with Gasteiger partial charge < -0.3 is 36.6 Å². The number of para-hydroxylation sites is 4. The third-order valence-electron chi connectivity index (χ3n) is 9.42.